The second-order valence-corrected chi connectivity index (χ2v) is 7.09. The Morgan fingerprint density at radius 2 is 2.00 bits per heavy atom. The monoisotopic (exact) mass is 333 g/mol. The van der Waals surface area contributed by atoms with E-state index >= 15 is 0 Å². The zero-order valence-corrected chi connectivity index (χ0v) is 14.9. The molecule has 132 valence electrons. The molecule has 0 aliphatic heterocycles. The van der Waals surface area contributed by atoms with Crippen LogP contribution in [-0.2, 0) is 6.54 Å². The van der Waals surface area contributed by atoms with Gasteiger partial charge in [-0.05, 0) is 61.1 Å². The molecule has 3 rings (SSSR count). The van der Waals surface area contributed by atoms with Gasteiger partial charge < -0.3 is 15.0 Å². The van der Waals surface area contributed by atoms with Crippen LogP contribution < -0.4 is 10.1 Å². The topological polar surface area (TPSA) is 36.9 Å². The molecule has 0 atom stereocenters. The average molecular weight is 333 g/mol. The summed E-state index contributed by atoms with van der Waals surface area (Å²) in [5, 5.41) is 3.53. The Hall–Kier alpha value is -1.78. The van der Waals surface area contributed by atoms with E-state index in [1.54, 1.807) is 13.1 Å². The SMILES string of the molecule is CN=C(NCC(C1CC1)C1CC1)N(C)Cc1ccc(OC)c(F)c1. The Balaban J connectivity index is 1.55. The van der Waals surface area contributed by atoms with Gasteiger partial charge in [-0.1, -0.05) is 6.07 Å². The van der Waals surface area contributed by atoms with Crippen molar-refractivity contribution in [3.05, 3.63) is 29.6 Å². The van der Waals surface area contributed by atoms with Gasteiger partial charge >= 0.3 is 0 Å². The van der Waals surface area contributed by atoms with E-state index in [2.05, 4.69) is 10.3 Å². The first-order chi connectivity index (χ1) is 11.6. The van der Waals surface area contributed by atoms with Gasteiger partial charge in [-0.25, -0.2) is 4.39 Å². The third-order valence-corrected chi connectivity index (χ3v) is 5.16. The molecule has 0 radical (unpaired) electrons. The number of ether oxygens (including phenoxy) is 1. The molecule has 24 heavy (non-hydrogen) atoms. The summed E-state index contributed by atoms with van der Waals surface area (Å²) in [5.41, 5.74) is 0.902. The minimum absolute atomic E-state index is 0.278. The van der Waals surface area contributed by atoms with Crippen molar-refractivity contribution in [1.29, 1.82) is 0 Å². The van der Waals surface area contributed by atoms with Gasteiger partial charge in [0.15, 0.2) is 17.5 Å². The van der Waals surface area contributed by atoms with Crippen molar-refractivity contribution in [2.45, 2.75) is 32.2 Å². The lowest BCUT2D eigenvalue weighted by molar-refractivity contribution is 0.382. The van der Waals surface area contributed by atoms with E-state index in [9.17, 15) is 4.39 Å². The van der Waals surface area contributed by atoms with E-state index in [-0.39, 0.29) is 11.6 Å². The molecule has 2 aliphatic carbocycles. The molecule has 0 heterocycles. The molecular weight excluding hydrogens is 305 g/mol. The number of rotatable bonds is 7. The molecule has 0 amide bonds. The van der Waals surface area contributed by atoms with Crippen LogP contribution in [0.25, 0.3) is 0 Å². The van der Waals surface area contributed by atoms with E-state index < -0.39 is 0 Å². The van der Waals surface area contributed by atoms with Crippen LogP contribution in [0.3, 0.4) is 0 Å². The molecule has 2 aliphatic rings. The van der Waals surface area contributed by atoms with Crippen LogP contribution in [0.1, 0.15) is 31.2 Å². The Morgan fingerprint density at radius 3 is 2.50 bits per heavy atom. The number of halogens is 1. The Bertz CT molecular complexity index is 584. The van der Waals surface area contributed by atoms with Crippen LogP contribution in [0.15, 0.2) is 23.2 Å². The molecule has 0 unspecified atom stereocenters. The van der Waals surface area contributed by atoms with Gasteiger partial charge in [0.2, 0.25) is 0 Å². The number of nitrogens with one attached hydrogen (secondary N) is 1. The Labute approximate surface area is 144 Å². The third-order valence-electron chi connectivity index (χ3n) is 5.16. The highest BCUT2D eigenvalue weighted by atomic mass is 19.1. The minimum atomic E-state index is -0.325. The highest BCUT2D eigenvalue weighted by Crippen LogP contribution is 2.48. The molecule has 0 bridgehead atoms. The van der Waals surface area contributed by atoms with Gasteiger partial charge in [0, 0.05) is 27.2 Å². The lowest BCUT2D eigenvalue weighted by Gasteiger charge is -2.25. The lowest BCUT2D eigenvalue weighted by atomic mass is 9.98. The van der Waals surface area contributed by atoms with Crippen molar-refractivity contribution < 1.29 is 9.13 Å². The molecule has 5 heteroatoms. The van der Waals surface area contributed by atoms with Gasteiger partial charge in [0.1, 0.15) is 0 Å². The van der Waals surface area contributed by atoms with Crippen LogP contribution in [0.2, 0.25) is 0 Å². The zero-order valence-electron chi connectivity index (χ0n) is 14.9. The van der Waals surface area contributed by atoms with Crippen LogP contribution in [-0.4, -0.2) is 38.6 Å². The highest BCUT2D eigenvalue weighted by Gasteiger charge is 2.41. The molecule has 0 spiro atoms. The summed E-state index contributed by atoms with van der Waals surface area (Å²) < 4.78 is 18.8. The maximum atomic E-state index is 13.8. The summed E-state index contributed by atoms with van der Waals surface area (Å²) in [6.45, 7) is 1.61. The van der Waals surface area contributed by atoms with Gasteiger partial charge in [-0.3, -0.25) is 4.99 Å². The smallest absolute Gasteiger partial charge is 0.193 e. The molecule has 2 saturated carbocycles. The largest absolute Gasteiger partial charge is 0.494 e. The van der Waals surface area contributed by atoms with Crippen molar-refractivity contribution in [2.75, 3.05) is 27.7 Å². The number of guanidine groups is 1. The molecule has 0 saturated heterocycles. The summed E-state index contributed by atoms with van der Waals surface area (Å²) in [4.78, 5) is 6.42. The van der Waals surface area contributed by atoms with Crippen LogP contribution >= 0.6 is 0 Å². The fraction of sp³-hybridized carbons (Fsp3) is 0.632. The molecule has 4 nitrogen and oxygen atoms in total. The Kier molecular flexibility index (Phi) is 5.27. The summed E-state index contributed by atoms with van der Waals surface area (Å²) in [6, 6.07) is 5.09. The first-order valence-electron chi connectivity index (χ1n) is 8.86. The molecule has 1 aromatic carbocycles. The maximum Gasteiger partial charge on any atom is 0.193 e. The number of methoxy groups -OCH3 is 1. The fourth-order valence-corrected chi connectivity index (χ4v) is 3.52. The predicted molar refractivity (Wildman–Crippen MR) is 94.7 cm³/mol. The van der Waals surface area contributed by atoms with Crippen LogP contribution in [0.5, 0.6) is 5.75 Å². The number of benzene rings is 1. The molecule has 0 aromatic heterocycles. The van der Waals surface area contributed by atoms with Crippen molar-refractivity contribution in [3.63, 3.8) is 0 Å². The number of nitrogens with zero attached hydrogens (tertiary/aromatic N) is 2. The van der Waals surface area contributed by atoms with E-state index in [0.717, 1.165) is 35.8 Å². The van der Waals surface area contributed by atoms with E-state index in [4.69, 9.17) is 4.74 Å². The van der Waals surface area contributed by atoms with E-state index in [1.165, 1.54) is 38.9 Å². The minimum Gasteiger partial charge on any atom is -0.494 e. The lowest BCUT2D eigenvalue weighted by Crippen LogP contribution is -2.41. The summed E-state index contributed by atoms with van der Waals surface area (Å²) >= 11 is 0. The number of hydrogen-bond donors (Lipinski definition) is 1. The molecule has 1 N–H and O–H groups in total. The fourth-order valence-electron chi connectivity index (χ4n) is 3.52. The van der Waals surface area contributed by atoms with Crippen molar-refractivity contribution >= 4 is 5.96 Å². The second kappa shape index (κ2) is 7.41. The summed E-state index contributed by atoms with van der Waals surface area (Å²) in [5.74, 6) is 3.47. The van der Waals surface area contributed by atoms with Gasteiger partial charge in [0.25, 0.3) is 0 Å². The van der Waals surface area contributed by atoms with E-state index in [0.29, 0.717) is 6.54 Å². The standard InChI is InChI=1S/C19H28FN3O/c1-21-19(22-11-16(14-5-6-14)15-7-8-15)23(2)12-13-4-9-18(24-3)17(20)10-13/h4,9-10,14-16H,5-8,11-12H2,1-3H3,(H,21,22). The third kappa shape index (κ3) is 4.19. The number of hydrogen-bond acceptors (Lipinski definition) is 2. The highest BCUT2D eigenvalue weighted by molar-refractivity contribution is 5.79. The molecule has 1 aromatic rings. The Morgan fingerprint density at radius 1 is 1.33 bits per heavy atom. The predicted octanol–water partition coefficient (Wildman–Crippen LogP) is 3.28. The van der Waals surface area contributed by atoms with Crippen molar-refractivity contribution in [3.8, 4) is 5.75 Å². The van der Waals surface area contributed by atoms with Crippen LogP contribution in [0, 0.1) is 23.6 Å². The summed E-state index contributed by atoms with van der Waals surface area (Å²) in [6.07, 6.45) is 5.57. The van der Waals surface area contributed by atoms with Gasteiger partial charge in [-0.2, -0.15) is 0 Å². The quantitative estimate of drug-likeness (QED) is 0.614. The zero-order chi connectivity index (χ0) is 17.1. The maximum absolute atomic E-state index is 13.8. The first kappa shape index (κ1) is 17.1. The summed E-state index contributed by atoms with van der Waals surface area (Å²) in [7, 11) is 5.27. The van der Waals surface area contributed by atoms with Crippen LogP contribution in [0.4, 0.5) is 4.39 Å². The molecular formula is C19H28FN3O. The van der Waals surface area contributed by atoms with Crippen molar-refractivity contribution in [1.82, 2.24) is 10.2 Å². The number of aliphatic imine (C=N–C) groups is 1. The van der Waals surface area contributed by atoms with E-state index in [1.807, 2.05) is 18.0 Å². The normalized spacial score (nSPS) is 18.0. The average Bonchev–Trinajstić information content (AvgIpc) is 3.46. The second-order valence-electron chi connectivity index (χ2n) is 7.09. The van der Waals surface area contributed by atoms with Gasteiger partial charge in [-0.15, -0.1) is 0 Å². The molecule has 2 fully saturated rings. The van der Waals surface area contributed by atoms with Crippen molar-refractivity contribution in [2.24, 2.45) is 22.7 Å². The van der Waals surface area contributed by atoms with Gasteiger partial charge in [0.05, 0.1) is 7.11 Å². The first-order valence-corrected chi connectivity index (χ1v) is 8.86.